The fourth-order valence-corrected chi connectivity index (χ4v) is 2.49. The van der Waals surface area contributed by atoms with Gasteiger partial charge in [0, 0.05) is 24.7 Å². The number of aromatic nitrogens is 1. The van der Waals surface area contributed by atoms with Gasteiger partial charge in [-0.1, -0.05) is 0 Å². The van der Waals surface area contributed by atoms with Crippen molar-refractivity contribution in [1.29, 1.82) is 10.5 Å². The molecular formula is C16H12FN5O2. The lowest BCUT2D eigenvalue weighted by atomic mass is 10.1. The van der Waals surface area contributed by atoms with Gasteiger partial charge in [-0.25, -0.2) is 9.37 Å². The second-order valence-electron chi connectivity index (χ2n) is 5.34. The minimum Gasteiger partial charge on any atom is -0.432 e. The minimum absolute atomic E-state index is 0.113. The first-order valence-electron chi connectivity index (χ1n) is 7.22. The van der Waals surface area contributed by atoms with Crippen molar-refractivity contribution in [2.75, 3.05) is 13.1 Å². The highest BCUT2D eigenvalue weighted by atomic mass is 19.1. The average molecular weight is 325 g/mol. The lowest BCUT2D eigenvalue weighted by Gasteiger charge is -2.10. The molecule has 1 amide bonds. The van der Waals surface area contributed by atoms with Gasteiger partial charge < -0.3 is 14.6 Å². The molecule has 24 heavy (non-hydrogen) atoms. The van der Waals surface area contributed by atoms with Crippen LogP contribution in [0.5, 0.6) is 0 Å². The molecular weight excluding hydrogens is 313 g/mol. The fraction of sp³-hybridized carbons (Fsp3) is 0.250. The van der Waals surface area contributed by atoms with E-state index in [1.54, 1.807) is 11.0 Å². The van der Waals surface area contributed by atoms with E-state index in [1.807, 2.05) is 6.19 Å². The molecule has 2 aromatic rings. The van der Waals surface area contributed by atoms with Crippen LogP contribution in [0.4, 0.5) is 4.39 Å². The largest absolute Gasteiger partial charge is 0.432 e. The van der Waals surface area contributed by atoms with Crippen LogP contribution in [0.15, 0.2) is 28.8 Å². The second-order valence-corrected chi connectivity index (χ2v) is 5.34. The number of oxazole rings is 1. The second kappa shape index (κ2) is 6.39. The van der Waals surface area contributed by atoms with Gasteiger partial charge in [0.2, 0.25) is 0 Å². The summed E-state index contributed by atoms with van der Waals surface area (Å²) in [4.78, 5) is 17.6. The number of nitrogens with one attached hydrogen (secondary N) is 1. The Hall–Kier alpha value is -3.39. The number of halogens is 1. The van der Waals surface area contributed by atoms with E-state index in [4.69, 9.17) is 14.9 Å². The first-order chi connectivity index (χ1) is 11.6. The number of carbonyl (C=O) groups is 1. The molecule has 120 valence electrons. The van der Waals surface area contributed by atoms with Crippen molar-refractivity contribution in [2.24, 2.45) is 0 Å². The summed E-state index contributed by atoms with van der Waals surface area (Å²) >= 11 is 0. The van der Waals surface area contributed by atoms with Gasteiger partial charge >= 0.3 is 5.91 Å². The van der Waals surface area contributed by atoms with Gasteiger partial charge in [-0.3, -0.25) is 4.79 Å². The first kappa shape index (κ1) is 15.5. The fourth-order valence-electron chi connectivity index (χ4n) is 2.49. The molecule has 0 radical (unpaired) electrons. The average Bonchev–Trinajstić information content (AvgIpc) is 3.24. The van der Waals surface area contributed by atoms with Crippen LogP contribution >= 0.6 is 0 Å². The number of nitrogens with zero attached hydrogens (tertiary/aromatic N) is 4. The molecule has 1 aromatic heterocycles. The summed E-state index contributed by atoms with van der Waals surface area (Å²) in [6.45, 7) is 1.06. The lowest BCUT2D eigenvalue weighted by molar-refractivity contribution is 0.0904. The molecule has 2 heterocycles. The van der Waals surface area contributed by atoms with E-state index in [0.717, 1.165) is 6.07 Å². The Morgan fingerprint density at radius 1 is 1.46 bits per heavy atom. The van der Waals surface area contributed by atoms with Crippen LogP contribution in [0.3, 0.4) is 0 Å². The molecule has 0 aliphatic carbocycles. The van der Waals surface area contributed by atoms with Crippen molar-refractivity contribution in [3.63, 3.8) is 0 Å². The third-order valence-corrected chi connectivity index (χ3v) is 3.74. The van der Waals surface area contributed by atoms with Gasteiger partial charge in [-0.15, -0.1) is 0 Å². The van der Waals surface area contributed by atoms with Gasteiger partial charge in [0.05, 0.1) is 11.8 Å². The molecule has 0 saturated carbocycles. The molecule has 3 rings (SSSR count). The van der Waals surface area contributed by atoms with Crippen LogP contribution in [0.1, 0.15) is 22.7 Å². The van der Waals surface area contributed by atoms with Gasteiger partial charge in [0.15, 0.2) is 12.0 Å². The Kier molecular flexibility index (Phi) is 4.13. The van der Waals surface area contributed by atoms with Crippen molar-refractivity contribution in [3.05, 3.63) is 41.7 Å². The molecule has 8 heteroatoms. The molecule has 1 aliphatic heterocycles. The molecule has 1 saturated heterocycles. The number of amides is 1. The molecule has 1 atom stereocenters. The molecule has 1 aromatic carbocycles. The topological polar surface area (TPSA) is 106 Å². The van der Waals surface area contributed by atoms with Crippen LogP contribution in [-0.2, 0) is 0 Å². The van der Waals surface area contributed by atoms with Crippen LogP contribution in [0.25, 0.3) is 11.3 Å². The lowest BCUT2D eigenvalue weighted by Crippen LogP contribution is -2.36. The molecule has 1 aliphatic rings. The maximum absolute atomic E-state index is 13.3. The van der Waals surface area contributed by atoms with Crippen LogP contribution in [0.2, 0.25) is 0 Å². The van der Waals surface area contributed by atoms with E-state index in [1.165, 1.54) is 18.3 Å². The zero-order chi connectivity index (χ0) is 17.1. The van der Waals surface area contributed by atoms with E-state index in [9.17, 15) is 9.18 Å². The maximum atomic E-state index is 13.3. The summed E-state index contributed by atoms with van der Waals surface area (Å²) in [5, 5.41) is 20.4. The summed E-state index contributed by atoms with van der Waals surface area (Å²) in [5.74, 6) is -0.958. The standard InChI is InChI=1S/C16H12FN5O2/c17-13-2-1-10(5-11(13)6-18)14-7-20-16(24-14)15(23)21-12-3-4-22(8-12)9-19/h1-2,5,7,12H,3-4,8H2,(H,21,23). The smallest absolute Gasteiger partial charge is 0.307 e. The van der Waals surface area contributed by atoms with Crippen molar-refractivity contribution in [1.82, 2.24) is 15.2 Å². The highest BCUT2D eigenvalue weighted by Gasteiger charge is 2.25. The van der Waals surface area contributed by atoms with Crippen molar-refractivity contribution in [3.8, 4) is 23.6 Å². The van der Waals surface area contributed by atoms with E-state index < -0.39 is 11.7 Å². The zero-order valence-electron chi connectivity index (χ0n) is 12.5. The highest BCUT2D eigenvalue weighted by molar-refractivity contribution is 5.90. The molecule has 0 bridgehead atoms. The van der Waals surface area contributed by atoms with Crippen LogP contribution in [-0.4, -0.2) is 34.9 Å². The molecule has 7 nitrogen and oxygen atoms in total. The van der Waals surface area contributed by atoms with Gasteiger partial charge in [-0.2, -0.15) is 10.5 Å². The molecule has 1 N–H and O–H groups in total. The monoisotopic (exact) mass is 325 g/mol. The zero-order valence-corrected chi connectivity index (χ0v) is 12.5. The normalized spacial score (nSPS) is 16.5. The number of nitriles is 2. The summed E-state index contributed by atoms with van der Waals surface area (Å²) in [6.07, 6.45) is 4.06. The molecule has 1 fully saturated rings. The molecule has 1 unspecified atom stereocenters. The number of hydrogen-bond acceptors (Lipinski definition) is 6. The van der Waals surface area contributed by atoms with E-state index in [0.29, 0.717) is 25.1 Å². The van der Waals surface area contributed by atoms with E-state index >= 15 is 0 Å². The van der Waals surface area contributed by atoms with Gasteiger partial charge in [0.1, 0.15) is 11.9 Å². The van der Waals surface area contributed by atoms with E-state index in [-0.39, 0.29) is 23.3 Å². The third-order valence-electron chi connectivity index (χ3n) is 3.74. The highest BCUT2D eigenvalue weighted by Crippen LogP contribution is 2.23. The number of hydrogen-bond donors (Lipinski definition) is 1. The Balaban J connectivity index is 1.73. The Bertz CT molecular complexity index is 864. The van der Waals surface area contributed by atoms with Crippen LogP contribution in [0, 0.1) is 28.6 Å². The summed E-state index contributed by atoms with van der Waals surface area (Å²) in [7, 11) is 0. The SMILES string of the molecule is N#Cc1cc(-c2cnc(C(=O)NC3CCN(C#N)C3)o2)ccc1F. The Labute approximate surface area is 136 Å². The number of benzene rings is 1. The summed E-state index contributed by atoms with van der Waals surface area (Å²) < 4.78 is 18.7. The van der Waals surface area contributed by atoms with Crippen molar-refractivity contribution < 1.29 is 13.6 Å². The predicted octanol–water partition coefficient (Wildman–Crippen LogP) is 1.64. The third kappa shape index (κ3) is 3.03. The van der Waals surface area contributed by atoms with Gasteiger partial charge in [0.25, 0.3) is 5.89 Å². The number of rotatable bonds is 3. The number of likely N-dealkylation sites (tertiary alicyclic amines) is 1. The van der Waals surface area contributed by atoms with E-state index in [2.05, 4.69) is 10.3 Å². The maximum Gasteiger partial charge on any atom is 0.307 e. The minimum atomic E-state index is -0.623. The summed E-state index contributed by atoms with van der Waals surface area (Å²) in [5.41, 5.74) is 0.341. The predicted molar refractivity (Wildman–Crippen MR) is 79.7 cm³/mol. The summed E-state index contributed by atoms with van der Waals surface area (Å²) in [6, 6.07) is 5.55. The van der Waals surface area contributed by atoms with Crippen molar-refractivity contribution in [2.45, 2.75) is 12.5 Å². The Morgan fingerprint density at radius 2 is 2.29 bits per heavy atom. The number of carbonyl (C=O) groups excluding carboxylic acids is 1. The molecule has 0 spiro atoms. The first-order valence-corrected chi connectivity index (χ1v) is 7.22. The van der Waals surface area contributed by atoms with Crippen LogP contribution < -0.4 is 5.32 Å². The van der Waals surface area contributed by atoms with Gasteiger partial charge in [-0.05, 0) is 24.6 Å². The van der Waals surface area contributed by atoms with Crippen molar-refractivity contribution >= 4 is 5.91 Å². The quantitative estimate of drug-likeness (QED) is 0.860. The Morgan fingerprint density at radius 3 is 3.00 bits per heavy atom.